The minimum absolute atomic E-state index is 0.190. The highest BCUT2D eigenvalue weighted by Crippen LogP contribution is 2.40. The van der Waals surface area contributed by atoms with Gasteiger partial charge >= 0.3 is 5.97 Å². The van der Waals surface area contributed by atoms with E-state index in [9.17, 15) is 9.90 Å². The van der Waals surface area contributed by atoms with E-state index in [1.165, 1.54) is 0 Å². The van der Waals surface area contributed by atoms with Crippen LogP contribution in [-0.2, 0) is 9.53 Å². The van der Waals surface area contributed by atoms with Crippen molar-refractivity contribution in [3.63, 3.8) is 0 Å². The molecule has 0 aromatic carbocycles. The monoisotopic (exact) mass is 256 g/mol. The maximum Gasteiger partial charge on any atom is 0.325 e. The molecular weight excluding hydrogens is 232 g/mol. The zero-order chi connectivity index (χ0) is 13.2. The van der Waals surface area contributed by atoms with Crippen LogP contribution in [0.25, 0.3) is 0 Å². The van der Waals surface area contributed by atoms with Gasteiger partial charge in [0.25, 0.3) is 0 Å². The summed E-state index contributed by atoms with van der Waals surface area (Å²) in [6, 6.07) is 0. The third kappa shape index (κ3) is 2.84. The molecule has 1 saturated carbocycles. The second-order valence-corrected chi connectivity index (χ2v) is 5.57. The van der Waals surface area contributed by atoms with Gasteiger partial charge in [-0.1, -0.05) is 0 Å². The molecule has 2 rings (SSSR count). The number of aliphatic carboxylic acids is 1. The van der Waals surface area contributed by atoms with Crippen molar-refractivity contribution in [1.82, 2.24) is 10.2 Å². The molecule has 1 saturated heterocycles. The van der Waals surface area contributed by atoms with Crippen LogP contribution in [0.2, 0.25) is 0 Å². The standard InChI is InChI=1S/C13H24N2O3/c1-10-8-15(6-3-7-18-10)9-13(14-2,12(16)17)11-4-5-11/h10-11,14H,3-9H2,1-2H3,(H,16,17). The first kappa shape index (κ1) is 13.8. The van der Waals surface area contributed by atoms with Gasteiger partial charge in [-0.05, 0) is 39.2 Å². The van der Waals surface area contributed by atoms with Gasteiger partial charge in [-0.15, -0.1) is 0 Å². The van der Waals surface area contributed by atoms with Crippen molar-refractivity contribution >= 4 is 5.97 Å². The Kier molecular flexibility index (Phi) is 4.25. The van der Waals surface area contributed by atoms with Crippen molar-refractivity contribution < 1.29 is 14.6 Å². The molecule has 0 bridgehead atoms. The van der Waals surface area contributed by atoms with E-state index >= 15 is 0 Å². The van der Waals surface area contributed by atoms with Gasteiger partial charge in [-0.25, -0.2) is 0 Å². The first-order valence-electron chi connectivity index (χ1n) is 6.85. The summed E-state index contributed by atoms with van der Waals surface area (Å²) in [6.45, 7) is 5.16. The maximum absolute atomic E-state index is 11.7. The van der Waals surface area contributed by atoms with Crippen LogP contribution in [0.4, 0.5) is 0 Å². The number of nitrogens with one attached hydrogen (secondary N) is 1. The summed E-state index contributed by atoms with van der Waals surface area (Å²) in [7, 11) is 1.77. The summed E-state index contributed by atoms with van der Waals surface area (Å²) < 4.78 is 5.61. The first-order valence-corrected chi connectivity index (χ1v) is 6.85. The quantitative estimate of drug-likeness (QED) is 0.752. The predicted molar refractivity (Wildman–Crippen MR) is 68.6 cm³/mol. The Balaban J connectivity index is 2.05. The van der Waals surface area contributed by atoms with Crippen LogP contribution in [0.1, 0.15) is 26.2 Å². The van der Waals surface area contributed by atoms with Crippen molar-refractivity contribution in [3.8, 4) is 0 Å². The van der Waals surface area contributed by atoms with E-state index in [2.05, 4.69) is 17.1 Å². The molecule has 0 radical (unpaired) electrons. The molecule has 2 fully saturated rings. The number of likely N-dealkylation sites (N-methyl/N-ethyl adjacent to an activating group) is 1. The Labute approximate surface area is 108 Å². The molecule has 104 valence electrons. The topological polar surface area (TPSA) is 61.8 Å². The second-order valence-electron chi connectivity index (χ2n) is 5.57. The molecule has 1 aliphatic heterocycles. The van der Waals surface area contributed by atoms with Crippen molar-refractivity contribution in [2.75, 3.05) is 33.3 Å². The molecule has 0 spiro atoms. The van der Waals surface area contributed by atoms with Gasteiger partial charge in [0, 0.05) is 26.2 Å². The van der Waals surface area contributed by atoms with Crippen LogP contribution in [0.3, 0.4) is 0 Å². The average molecular weight is 256 g/mol. The van der Waals surface area contributed by atoms with Crippen LogP contribution < -0.4 is 5.32 Å². The van der Waals surface area contributed by atoms with E-state index in [-0.39, 0.29) is 12.0 Å². The molecule has 1 heterocycles. The summed E-state index contributed by atoms with van der Waals surface area (Å²) in [5.41, 5.74) is -0.774. The predicted octanol–water partition coefficient (Wildman–Crippen LogP) is 0.550. The molecular formula is C13H24N2O3. The minimum atomic E-state index is -0.774. The molecule has 0 aromatic rings. The summed E-state index contributed by atoms with van der Waals surface area (Å²) in [5, 5.41) is 12.7. The van der Waals surface area contributed by atoms with Gasteiger partial charge in [-0.3, -0.25) is 9.69 Å². The number of nitrogens with zero attached hydrogens (tertiary/aromatic N) is 1. The fraction of sp³-hybridized carbons (Fsp3) is 0.923. The Bertz CT molecular complexity index is 307. The summed E-state index contributed by atoms with van der Waals surface area (Å²) in [6.07, 6.45) is 3.21. The van der Waals surface area contributed by atoms with E-state index in [1.807, 2.05) is 0 Å². The lowest BCUT2D eigenvalue weighted by molar-refractivity contribution is -0.146. The van der Waals surface area contributed by atoms with Crippen molar-refractivity contribution in [3.05, 3.63) is 0 Å². The number of hydrogen-bond acceptors (Lipinski definition) is 4. The molecule has 18 heavy (non-hydrogen) atoms. The average Bonchev–Trinajstić information content (AvgIpc) is 3.14. The minimum Gasteiger partial charge on any atom is -0.480 e. The number of ether oxygens (including phenoxy) is 1. The molecule has 2 atom stereocenters. The highest BCUT2D eigenvalue weighted by Gasteiger charge is 2.51. The van der Waals surface area contributed by atoms with Crippen molar-refractivity contribution in [2.45, 2.75) is 37.8 Å². The molecule has 5 heteroatoms. The molecule has 5 nitrogen and oxygen atoms in total. The SMILES string of the molecule is CNC(CN1CCCOC(C)C1)(C(=O)O)C1CC1. The van der Waals surface area contributed by atoms with Gasteiger partial charge < -0.3 is 15.2 Å². The first-order chi connectivity index (χ1) is 8.58. The number of hydrogen-bond donors (Lipinski definition) is 2. The van der Waals surface area contributed by atoms with E-state index in [1.54, 1.807) is 7.05 Å². The largest absolute Gasteiger partial charge is 0.480 e. The number of carboxylic acids is 1. The van der Waals surface area contributed by atoms with E-state index in [0.717, 1.165) is 39.0 Å². The normalized spacial score (nSPS) is 29.6. The summed E-state index contributed by atoms with van der Waals surface area (Å²) in [4.78, 5) is 13.9. The van der Waals surface area contributed by atoms with Gasteiger partial charge in [0.15, 0.2) is 0 Å². The van der Waals surface area contributed by atoms with Gasteiger partial charge in [0.1, 0.15) is 5.54 Å². The van der Waals surface area contributed by atoms with Crippen LogP contribution >= 0.6 is 0 Å². The molecule has 2 unspecified atom stereocenters. The second kappa shape index (κ2) is 5.55. The molecule has 0 amide bonds. The fourth-order valence-corrected chi connectivity index (χ4v) is 2.91. The Morgan fingerprint density at radius 3 is 2.83 bits per heavy atom. The summed E-state index contributed by atoms with van der Waals surface area (Å²) in [5.74, 6) is -0.440. The number of rotatable bonds is 5. The highest BCUT2D eigenvalue weighted by molar-refractivity contribution is 5.80. The van der Waals surface area contributed by atoms with Gasteiger partial charge in [-0.2, -0.15) is 0 Å². The third-order valence-corrected chi connectivity index (χ3v) is 4.11. The maximum atomic E-state index is 11.7. The van der Waals surface area contributed by atoms with Gasteiger partial charge in [0.2, 0.25) is 0 Å². The summed E-state index contributed by atoms with van der Waals surface area (Å²) >= 11 is 0. The smallest absolute Gasteiger partial charge is 0.325 e. The van der Waals surface area contributed by atoms with Gasteiger partial charge in [0.05, 0.1) is 6.10 Å². The van der Waals surface area contributed by atoms with E-state index in [0.29, 0.717) is 6.54 Å². The lowest BCUT2D eigenvalue weighted by Gasteiger charge is -2.35. The number of carboxylic acid groups (broad SMARTS) is 1. The Hall–Kier alpha value is -0.650. The molecule has 0 aromatic heterocycles. The fourth-order valence-electron chi connectivity index (χ4n) is 2.91. The van der Waals surface area contributed by atoms with E-state index in [4.69, 9.17) is 4.74 Å². The number of carbonyl (C=O) groups is 1. The molecule has 2 N–H and O–H groups in total. The Morgan fingerprint density at radius 1 is 1.56 bits per heavy atom. The van der Waals surface area contributed by atoms with Crippen molar-refractivity contribution in [2.24, 2.45) is 5.92 Å². The van der Waals surface area contributed by atoms with Crippen LogP contribution in [0.5, 0.6) is 0 Å². The van der Waals surface area contributed by atoms with E-state index < -0.39 is 11.5 Å². The van der Waals surface area contributed by atoms with Crippen LogP contribution in [0, 0.1) is 5.92 Å². The lowest BCUT2D eigenvalue weighted by Crippen LogP contribution is -2.60. The zero-order valence-corrected chi connectivity index (χ0v) is 11.3. The Morgan fingerprint density at radius 2 is 2.28 bits per heavy atom. The third-order valence-electron chi connectivity index (χ3n) is 4.11. The molecule has 2 aliphatic rings. The highest BCUT2D eigenvalue weighted by atomic mass is 16.5. The lowest BCUT2D eigenvalue weighted by atomic mass is 9.92. The van der Waals surface area contributed by atoms with Crippen LogP contribution in [-0.4, -0.2) is 60.9 Å². The molecule has 1 aliphatic carbocycles. The zero-order valence-electron chi connectivity index (χ0n) is 11.3. The van der Waals surface area contributed by atoms with Crippen molar-refractivity contribution in [1.29, 1.82) is 0 Å². The van der Waals surface area contributed by atoms with Crippen LogP contribution in [0.15, 0.2) is 0 Å².